The molecule has 0 amide bonds. The smallest absolute Gasteiger partial charge is 0.144 e. The van der Waals surface area contributed by atoms with Crippen LogP contribution in [0.2, 0.25) is 0 Å². The Morgan fingerprint density at radius 1 is 0.952 bits per heavy atom. The number of hydrogen-bond acceptors (Lipinski definition) is 1. The van der Waals surface area contributed by atoms with E-state index in [2.05, 4.69) is 49.0 Å². The maximum absolute atomic E-state index is 13.0. The maximum Gasteiger partial charge on any atom is 0.144 e. The molecule has 104 valence electrons. The lowest BCUT2D eigenvalue weighted by molar-refractivity contribution is -0.129. The number of Topliss-reactive ketones (excluding diaryl/α,β-unsaturated/α-hetero) is 1. The van der Waals surface area contributed by atoms with Crippen LogP contribution in [0, 0.1) is 5.41 Å². The molecule has 0 N–H and O–H groups in total. The minimum Gasteiger partial charge on any atom is -0.299 e. The van der Waals surface area contributed by atoms with Crippen LogP contribution in [-0.2, 0) is 24.1 Å². The second-order valence-electron chi connectivity index (χ2n) is 6.29. The van der Waals surface area contributed by atoms with E-state index in [4.69, 9.17) is 0 Å². The highest BCUT2D eigenvalue weighted by molar-refractivity contribution is 5.91. The van der Waals surface area contributed by atoms with E-state index in [1.807, 2.05) is 12.1 Å². The van der Waals surface area contributed by atoms with Crippen LogP contribution in [0.15, 0.2) is 61.2 Å². The first-order chi connectivity index (χ1) is 10.2. The van der Waals surface area contributed by atoms with Crippen LogP contribution in [0.4, 0.5) is 0 Å². The van der Waals surface area contributed by atoms with Gasteiger partial charge in [-0.2, -0.15) is 0 Å². The number of allylic oxidation sites excluding steroid dienone is 1. The van der Waals surface area contributed by atoms with Crippen molar-refractivity contribution in [2.45, 2.75) is 25.2 Å². The number of hydrogen-bond donors (Lipinski definition) is 0. The number of rotatable bonds is 1. The second kappa shape index (κ2) is 4.42. The summed E-state index contributed by atoms with van der Waals surface area (Å²) in [6.45, 7) is 4.03. The number of benzene rings is 2. The number of fused-ring (bicyclic) bond motifs is 2. The van der Waals surface area contributed by atoms with Crippen molar-refractivity contribution >= 4 is 5.78 Å². The number of ketones is 1. The molecule has 0 radical (unpaired) electrons. The Bertz CT molecular complexity index is 743. The van der Waals surface area contributed by atoms with Crippen LogP contribution in [0.5, 0.6) is 0 Å². The summed E-state index contributed by atoms with van der Waals surface area (Å²) in [5, 5.41) is 0. The zero-order chi connectivity index (χ0) is 14.4. The van der Waals surface area contributed by atoms with E-state index in [9.17, 15) is 4.79 Å². The molecule has 1 nitrogen and oxygen atoms in total. The maximum atomic E-state index is 13.0. The molecule has 0 saturated heterocycles. The first-order valence-electron chi connectivity index (χ1n) is 7.55. The molecule has 0 saturated carbocycles. The van der Waals surface area contributed by atoms with Gasteiger partial charge in [-0.3, -0.25) is 4.79 Å². The van der Waals surface area contributed by atoms with Crippen LogP contribution in [-0.4, -0.2) is 5.78 Å². The van der Waals surface area contributed by atoms with Crippen LogP contribution in [0.1, 0.15) is 28.2 Å². The average Bonchev–Trinajstić information content (AvgIpc) is 2.82. The fourth-order valence-electron chi connectivity index (χ4n) is 4.23. The van der Waals surface area contributed by atoms with Gasteiger partial charge in [0.1, 0.15) is 5.78 Å². The Balaban J connectivity index is 1.86. The van der Waals surface area contributed by atoms with Gasteiger partial charge in [0.25, 0.3) is 0 Å². The van der Waals surface area contributed by atoms with E-state index in [1.165, 1.54) is 22.3 Å². The molecule has 1 heteroatoms. The molecule has 0 fully saturated rings. The zero-order valence-electron chi connectivity index (χ0n) is 12.0. The van der Waals surface area contributed by atoms with Crippen molar-refractivity contribution in [3.63, 3.8) is 0 Å². The first kappa shape index (κ1) is 12.6. The Kier molecular flexibility index (Phi) is 2.65. The van der Waals surface area contributed by atoms with Crippen LogP contribution >= 0.6 is 0 Å². The Labute approximate surface area is 125 Å². The van der Waals surface area contributed by atoms with Gasteiger partial charge in [-0.15, -0.1) is 6.58 Å². The second-order valence-corrected chi connectivity index (χ2v) is 6.29. The lowest BCUT2D eigenvalue weighted by Gasteiger charge is -2.37. The molecule has 2 aromatic rings. The highest BCUT2D eigenvalue weighted by Crippen LogP contribution is 2.52. The number of carbonyl (C=O) groups is 1. The fourth-order valence-corrected chi connectivity index (χ4v) is 4.23. The molecule has 1 spiro atoms. The Morgan fingerprint density at radius 3 is 2.33 bits per heavy atom. The molecule has 4 rings (SSSR count). The summed E-state index contributed by atoms with van der Waals surface area (Å²) in [5.41, 5.74) is 4.83. The SMILES string of the molecule is C=C[C@@H]1c2ccccc2C[C@]12Cc1ccccc1CC2=O. The van der Waals surface area contributed by atoms with Gasteiger partial charge < -0.3 is 0 Å². The molecule has 2 atom stereocenters. The fraction of sp³-hybridized carbons (Fsp3) is 0.250. The molecule has 21 heavy (non-hydrogen) atoms. The first-order valence-corrected chi connectivity index (χ1v) is 7.55. The van der Waals surface area contributed by atoms with Gasteiger partial charge in [0.2, 0.25) is 0 Å². The third kappa shape index (κ3) is 1.67. The molecule has 0 aromatic heterocycles. The molecular weight excluding hydrogens is 256 g/mol. The summed E-state index contributed by atoms with van der Waals surface area (Å²) in [4.78, 5) is 13.0. The summed E-state index contributed by atoms with van der Waals surface area (Å²) in [6, 6.07) is 16.8. The van der Waals surface area contributed by atoms with E-state index < -0.39 is 0 Å². The topological polar surface area (TPSA) is 17.1 Å². The monoisotopic (exact) mass is 274 g/mol. The Hall–Kier alpha value is -2.15. The molecular formula is C20H18O. The van der Waals surface area contributed by atoms with Crippen molar-refractivity contribution in [3.05, 3.63) is 83.4 Å². The van der Waals surface area contributed by atoms with Crippen molar-refractivity contribution in [3.8, 4) is 0 Å². The molecule has 2 aliphatic carbocycles. The largest absolute Gasteiger partial charge is 0.299 e. The minimum absolute atomic E-state index is 0.148. The van der Waals surface area contributed by atoms with E-state index in [0.29, 0.717) is 12.2 Å². The summed E-state index contributed by atoms with van der Waals surface area (Å²) in [6.07, 6.45) is 4.24. The summed E-state index contributed by atoms with van der Waals surface area (Å²) in [5.74, 6) is 0.525. The molecule has 2 aromatic carbocycles. The lowest BCUT2D eigenvalue weighted by Crippen LogP contribution is -2.41. The average molecular weight is 274 g/mol. The Morgan fingerprint density at radius 2 is 1.57 bits per heavy atom. The van der Waals surface area contributed by atoms with Crippen LogP contribution < -0.4 is 0 Å². The third-order valence-electron chi connectivity index (χ3n) is 5.26. The predicted octanol–water partition coefficient (Wildman–Crippen LogP) is 3.87. The number of carbonyl (C=O) groups excluding carboxylic acids is 1. The highest BCUT2D eigenvalue weighted by atomic mass is 16.1. The van der Waals surface area contributed by atoms with Gasteiger partial charge in [-0.05, 0) is 35.1 Å². The zero-order valence-corrected chi connectivity index (χ0v) is 12.0. The van der Waals surface area contributed by atoms with Gasteiger partial charge in [0, 0.05) is 17.8 Å². The van der Waals surface area contributed by atoms with E-state index in [-0.39, 0.29) is 11.3 Å². The molecule has 0 aliphatic heterocycles. The lowest BCUT2D eigenvalue weighted by atomic mass is 9.64. The summed E-state index contributed by atoms with van der Waals surface area (Å²) >= 11 is 0. The van der Waals surface area contributed by atoms with Crippen LogP contribution in [0.3, 0.4) is 0 Å². The van der Waals surface area contributed by atoms with E-state index >= 15 is 0 Å². The van der Waals surface area contributed by atoms with Crippen molar-refractivity contribution in [2.24, 2.45) is 5.41 Å². The quantitative estimate of drug-likeness (QED) is 0.722. The third-order valence-corrected chi connectivity index (χ3v) is 5.26. The van der Waals surface area contributed by atoms with Crippen molar-refractivity contribution in [1.29, 1.82) is 0 Å². The molecule has 0 bridgehead atoms. The van der Waals surface area contributed by atoms with Gasteiger partial charge in [0.05, 0.1) is 0 Å². The van der Waals surface area contributed by atoms with Gasteiger partial charge >= 0.3 is 0 Å². The van der Waals surface area contributed by atoms with Crippen LogP contribution in [0.25, 0.3) is 0 Å². The van der Waals surface area contributed by atoms with Crippen molar-refractivity contribution in [1.82, 2.24) is 0 Å². The van der Waals surface area contributed by atoms with Gasteiger partial charge in [-0.1, -0.05) is 54.6 Å². The summed E-state index contributed by atoms with van der Waals surface area (Å²) < 4.78 is 0. The van der Waals surface area contributed by atoms with E-state index in [1.54, 1.807) is 0 Å². The predicted molar refractivity (Wildman–Crippen MR) is 84.4 cm³/mol. The standard InChI is InChI=1S/C20H18O/c1-2-18-17-10-6-5-9-16(17)13-20(18)12-15-8-4-3-7-14(15)11-19(20)21/h2-10,18H,1,11-13H2/t18-,20-/m1/s1. The van der Waals surface area contributed by atoms with Gasteiger partial charge in [0.15, 0.2) is 0 Å². The normalized spacial score (nSPS) is 26.5. The molecule has 0 unspecified atom stereocenters. The van der Waals surface area contributed by atoms with Gasteiger partial charge in [-0.25, -0.2) is 0 Å². The minimum atomic E-state index is -0.306. The molecule has 0 heterocycles. The van der Waals surface area contributed by atoms with Crippen molar-refractivity contribution in [2.75, 3.05) is 0 Å². The highest BCUT2D eigenvalue weighted by Gasteiger charge is 2.51. The van der Waals surface area contributed by atoms with Crippen molar-refractivity contribution < 1.29 is 4.79 Å². The van der Waals surface area contributed by atoms with E-state index in [0.717, 1.165) is 12.8 Å². The summed E-state index contributed by atoms with van der Waals surface area (Å²) in [7, 11) is 0. The molecule has 2 aliphatic rings.